The Morgan fingerprint density at radius 3 is 2.95 bits per heavy atom. The van der Waals surface area contributed by atoms with Gasteiger partial charge in [0.1, 0.15) is 13.6 Å². The van der Waals surface area contributed by atoms with E-state index in [9.17, 15) is 4.39 Å². The zero-order chi connectivity index (χ0) is 13.0. The van der Waals surface area contributed by atoms with E-state index in [1.165, 1.54) is 35.7 Å². The molecule has 0 amide bonds. The predicted molar refractivity (Wildman–Crippen MR) is 72.9 cm³/mol. The van der Waals surface area contributed by atoms with Crippen LogP contribution < -0.4 is 10.2 Å². The third-order valence-electron chi connectivity index (χ3n) is 4.10. The molecular formula is C16H12BFO. The van der Waals surface area contributed by atoms with Crippen molar-refractivity contribution in [1.82, 2.24) is 0 Å². The molecule has 2 aromatic rings. The van der Waals surface area contributed by atoms with Gasteiger partial charge in [-0.1, -0.05) is 17.6 Å². The van der Waals surface area contributed by atoms with Crippen molar-refractivity contribution in [2.24, 2.45) is 5.92 Å². The van der Waals surface area contributed by atoms with Crippen LogP contribution in [0, 0.1) is 11.7 Å². The lowest BCUT2D eigenvalue weighted by atomic mass is 9.96. The van der Waals surface area contributed by atoms with Crippen LogP contribution in [0.15, 0.2) is 36.4 Å². The fourth-order valence-corrected chi connectivity index (χ4v) is 3.05. The van der Waals surface area contributed by atoms with Crippen molar-refractivity contribution in [3.05, 3.63) is 53.3 Å². The minimum atomic E-state index is -0.391. The van der Waals surface area contributed by atoms with Crippen molar-refractivity contribution in [2.75, 3.05) is 0 Å². The van der Waals surface area contributed by atoms with E-state index < -0.39 is 5.82 Å². The molecule has 4 rings (SSSR count). The predicted octanol–water partition coefficient (Wildman–Crippen LogP) is 3.07. The average molecular weight is 250 g/mol. The molecule has 2 unspecified atom stereocenters. The molecule has 1 saturated carbocycles. The molecule has 2 aliphatic carbocycles. The van der Waals surface area contributed by atoms with Crippen LogP contribution in [-0.2, 0) is 6.42 Å². The molecule has 2 aromatic carbocycles. The maximum atomic E-state index is 13.6. The Morgan fingerprint density at radius 2 is 2.05 bits per heavy atom. The van der Waals surface area contributed by atoms with Crippen molar-refractivity contribution in [1.29, 1.82) is 0 Å². The number of hydrogen-bond acceptors (Lipinski definition) is 1. The van der Waals surface area contributed by atoms with E-state index in [1.807, 2.05) is 12.1 Å². The third-order valence-corrected chi connectivity index (χ3v) is 4.10. The SMILES string of the molecule is [B]c1ccc(F)c(Oc2ccc3c(c2)CC2CC32)c1. The maximum Gasteiger partial charge on any atom is 0.165 e. The summed E-state index contributed by atoms with van der Waals surface area (Å²) in [5.74, 6) is 2.09. The van der Waals surface area contributed by atoms with Gasteiger partial charge in [-0.25, -0.2) is 4.39 Å². The summed E-state index contributed by atoms with van der Waals surface area (Å²) in [7, 11) is 5.65. The lowest BCUT2D eigenvalue weighted by Gasteiger charge is -2.10. The number of halogens is 1. The lowest BCUT2D eigenvalue weighted by molar-refractivity contribution is 0.442. The Labute approximate surface area is 112 Å². The molecule has 0 aromatic heterocycles. The molecule has 3 heteroatoms. The van der Waals surface area contributed by atoms with E-state index in [1.54, 1.807) is 0 Å². The first-order valence-electron chi connectivity index (χ1n) is 6.56. The highest BCUT2D eigenvalue weighted by atomic mass is 19.1. The van der Waals surface area contributed by atoms with Gasteiger partial charge in [0.25, 0.3) is 0 Å². The second-order valence-corrected chi connectivity index (χ2v) is 5.46. The summed E-state index contributed by atoms with van der Waals surface area (Å²) in [5.41, 5.74) is 3.30. The minimum absolute atomic E-state index is 0.183. The first kappa shape index (κ1) is 11.1. The molecule has 0 bridgehead atoms. The van der Waals surface area contributed by atoms with Crippen LogP contribution in [0.3, 0.4) is 0 Å². The first-order chi connectivity index (χ1) is 9.20. The molecule has 0 heterocycles. The van der Waals surface area contributed by atoms with E-state index in [4.69, 9.17) is 12.6 Å². The molecule has 1 fully saturated rings. The van der Waals surface area contributed by atoms with Gasteiger partial charge < -0.3 is 4.74 Å². The van der Waals surface area contributed by atoms with Crippen LogP contribution in [0.25, 0.3) is 0 Å². The molecule has 2 aliphatic rings. The average Bonchev–Trinajstić information content (AvgIpc) is 3.06. The molecule has 0 spiro atoms. The molecule has 2 atom stereocenters. The van der Waals surface area contributed by atoms with Crippen LogP contribution in [0.5, 0.6) is 11.5 Å². The quantitative estimate of drug-likeness (QED) is 0.744. The first-order valence-corrected chi connectivity index (χ1v) is 6.56. The van der Waals surface area contributed by atoms with E-state index in [0.29, 0.717) is 11.2 Å². The fraction of sp³-hybridized carbons (Fsp3) is 0.250. The normalized spacial score (nSPS) is 22.8. The van der Waals surface area contributed by atoms with Gasteiger partial charge in [-0.15, -0.1) is 0 Å². The zero-order valence-electron chi connectivity index (χ0n) is 10.4. The highest BCUT2D eigenvalue weighted by Crippen LogP contribution is 2.56. The van der Waals surface area contributed by atoms with Gasteiger partial charge in [0.15, 0.2) is 11.6 Å². The smallest absolute Gasteiger partial charge is 0.165 e. The highest BCUT2D eigenvalue weighted by molar-refractivity contribution is 6.32. The topological polar surface area (TPSA) is 9.23 Å². The molecule has 0 saturated heterocycles. The van der Waals surface area contributed by atoms with Crippen LogP contribution in [-0.4, -0.2) is 7.85 Å². The number of ether oxygens (including phenoxy) is 1. The standard InChI is InChI=1S/C16H12BFO/c17-11-1-4-15(18)16(8-11)19-12-2-3-13-9(6-12)5-10-7-14(10)13/h1-4,6,8,10,14H,5,7H2. The Bertz CT molecular complexity index is 668. The van der Waals surface area contributed by atoms with Gasteiger partial charge in [-0.2, -0.15) is 0 Å². The van der Waals surface area contributed by atoms with Crippen molar-refractivity contribution < 1.29 is 9.13 Å². The summed E-state index contributed by atoms with van der Waals surface area (Å²) in [5, 5.41) is 0. The fourth-order valence-electron chi connectivity index (χ4n) is 3.05. The summed E-state index contributed by atoms with van der Waals surface area (Å²) >= 11 is 0. The lowest BCUT2D eigenvalue weighted by Crippen LogP contribution is -2.03. The van der Waals surface area contributed by atoms with Crippen molar-refractivity contribution in [3.63, 3.8) is 0 Å². The van der Waals surface area contributed by atoms with E-state index >= 15 is 0 Å². The van der Waals surface area contributed by atoms with Gasteiger partial charge in [0.05, 0.1) is 0 Å². The maximum absolute atomic E-state index is 13.6. The summed E-state index contributed by atoms with van der Waals surface area (Å²) < 4.78 is 19.2. The van der Waals surface area contributed by atoms with Crippen molar-refractivity contribution >= 4 is 13.3 Å². The Morgan fingerprint density at radius 1 is 1.16 bits per heavy atom. The summed E-state index contributed by atoms with van der Waals surface area (Å²) in [6.07, 6.45) is 2.47. The van der Waals surface area contributed by atoms with Gasteiger partial charge in [0.2, 0.25) is 0 Å². The van der Waals surface area contributed by atoms with Crippen LogP contribution >= 0.6 is 0 Å². The zero-order valence-corrected chi connectivity index (χ0v) is 10.4. The highest BCUT2D eigenvalue weighted by Gasteiger charge is 2.44. The largest absolute Gasteiger partial charge is 0.454 e. The summed E-state index contributed by atoms with van der Waals surface area (Å²) in [4.78, 5) is 0. The molecule has 0 N–H and O–H groups in total. The van der Waals surface area contributed by atoms with Crippen LogP contribution in [0.1, 0.15) is 23.5 Å². The van der Waals surface area contributed by atoms with E-state index in [0.717, 1.165) is 18.3 Å². The molecule has 92 valence electrons. The molecule has 2 radical (unpaired) electrons. The second kappa shape index (κ2) is 3.86. The summed E-state index contributed by atoms with van der Waals surface area (Å²) in [6, 6.07) is 10.4. The Kier molecular flexibility index (Phi) is 2.26. The molecule has 19 heavy (non-hydrogen) atoms. The van der Waals surface area contributed by atoms with E-state index in [2.05, 4.69) is 6.07 Å². The molecule has 1 nitrogen and oxygen atoms in total. The number of fused-ring (bicyclic) bond motifs is 3. The molecule has 0 aliphatic heterocycles. The number of hydrogen-bond donors (Lipinski definition) is 0. The number of benzene rings is 2. The third kappa shape index (κ3) is 1.84. The van der Waals surface area contributed by atoms with Gasteiger partial charge >= 0.3 is 0 Å². The van der Waals surface area contributed by atoms with Crippen molar-refractivity contribution in [2.45, 2.75) is 18.8 Å². The van der Waals surface area contributed by atoms with E-state index in [-0.39, 0.29) is 5.75 Å². The Hall–Kier alpha value is -1.77. The minimum Gasteiger partial charge on any atom is -0.454 e. The monoisotopic (exact) mass is 250 g/mol. The Balaban J connectivity index is 1.65. The second-order valence-electron chi connectivity index (χ2n) is 5.46. The molecular weight excluding hydrogens is 238 g/mol. The number of rotatable bonds is 2. The van der Waals surface area contributed by atoms with Crippen LogP contribution in [0.2, 0.25) is 0 Å². The van der Waals surface area contributed by atoms with Crippen molar-refractivity contribution in [3.8, 4) is 11.5 Å². The van der Waals surface area contributed by atoms with Crippen LogP contribution in [0.4, 0.5) is 4.39 Å². The summed E-state index contributed by atoms with van der Waals surface area (Å²) in [6.45, 7) is 0. The van der Waals surface area contributed by atoms with Gasteiger partial charge in [-0.3, -0.25) is 0 Å². The van der Waals surface area contributed by atoms with Gasteiger partial charge in [0, 0.05) is 0 Å². The van der Waals surface area contributed by atoms with Gasteiger partial charge in [-0.05, 0) is 60.1 Å².